The molecule has 0 saturated heterocycles. The fourth-order valence-corrected chi connectivity index (χ4v) is 3.46. The van der Waals surface area contributed by atoms with Gasteiger partial charge in [0.15, 0.2) is 0 Å². The Bertz CT molecular complexity index is 801. The van der Waals surface area contributed by atoms with Gasteiger partial charge in [0.2, 0.25) is 11.8 Å². The molecule has 124 valence electrons. The zero-order valence-electron chi connectivity index (χ0n) is 14.0. The maximum absolute atomic E-state index is 12.7. The van der Waals surface area contributed by atoms with Crippen LogP contribution in [0.1, 0.15) is 19.4 Å². The molecule has 3 rings (SSSR count). The second-order valence-corrected chi connectivity index (χ2v) is 7.19. The van der Waals surface area contributed by atoms with Gasteiger partial charge in [0.25, 0.3) is 0 Å². The van der Waals surface area contributed by atoms with Crippen molar-refractivity contribution >= 4 is 35.0 Å². The number of anilines is 2. The van der Waals surface area contributed by atoms with E-state index in [0.29, 0.717) is 0 Å². The number of fused-ring (bicyclic) bond motifs is 1. The average Bonchev–Trinajstić information content (AvgIpc) is 2.76. The zero-order valence-corrected chi connectivity index (χ0v) is 14.8. The number of nitrogens with zero attached hydrogens (tertiary/aromatic N) is 1. The van der Waals surface area contributed by atoms with Gasteiger partial charge in [0.1, 0.15) is 6.54 Å². The van der Waals surface area contributed by atoms with E-state index < -0.39 is 5.41 Å². The lowest BCUT2D eigenvalue weighted by molar-refractivity contribution is -0.124. The Hall–Kier alpha value is -2.27. The van der Waals surface area contributed by atoms with E-state index >= 15 is 0 Å². The summed E-state index contributed by atoms with van der Waals surface area (Å²) in [4.78, 5) is 27.8. The van der Waals surface area contributed by atoms with Crippen LogP contribution >= 0.6 is 11.8 Å². The minimum absolute atomic E-state index is 0.0166. The first-order valence-electron chi connectivity index (χ1n) is 7.79. The number of carbonyl (C=O) groups is 2. The lowest BCUT2D eigenvalue weighted by Crippen LogP contribution is -2.40. The monoisotopic (exact) mass is 340 g/mol. The summed E-state index contributed by atoms with van der Waals surface area (Å²) < 4.78 is 0. The van der Waals surface area contributed by atoms with Gasteiger partial charge in [-0.3, -0.25) is 9.59 Å². The molecular weight excluding hydrogens is 320 g/mol. The Morgan fingerprint density at radius 3 is 2.67 bits per heavy atom. The van der Waals surface area contributed by atoms with E-state index in [9.17, 15) is 9.59 Å². The third-order valence-corrected chi connectivity index (χ3v) is 5.03. The number of rotatable bonds is 4. The first-order valence-corrected chi connectivity index (χ1v) is 9.01. The molecule has 1 N–H and O–H groups in total. The average molecular weight is 340 g/mol. The van der Waals surface area contributed by atoms with Crippen LogP contribution in [0, 0.1) is 0 Å². The molecule has 0 aromatic heterocycles. The van der Waals surface area contributed by atoms with Gasteiger partial charge >= 0.3 is 0 Å². The molecular formula is C19H20N2O2S. The third-order valence-electron chi connectivity index (χ3n) is 4.30. The van der Waals surface area contributed by atoms with Gasteiger partial charge in [0, 0.05) is 16.3 Å². The minimum Gasteiger partial charge on any atom is -0.324 e. The number of hydrogen-bond donors (Lipinski definition) is 1. The maximum Gasteiger partial charge on any atom is 0.244 e. The van der Waals surface area contributed by atoms with Crippen LogP contribution < -0.4 is 10.2 Å². The van der Waals surface area contributed by atoms with Crippen LogP contribution in [0.4, 0.5) is 11.4 Å². The van der Waals surface area contributed by atoms with E-state index in [1.54, 1.807) is 16.7 Å². The summed E-state index contributed by atoms with van der Waals surface area (Å²) in [5.74, 6) is -0.245. The molecule has 24 heavy (non-hydrogen) atoms. The first kappa shape index (κ1) is 16.6. The smallest absolute Gasteiger partial charge is 0.244 e. The summed E-state index contributed by atoms with van der Waals surface area (Å²) in [5.41, 5.74) is 1.93. The normalized spacial score (nSPS) is 15.3. The second kappa shape index (κ2) is 6.32. The molecule has 0 atom stereocenters. The van der Waals surface area contributed by atoms with Crippen LogP contribution in [0.15, 0.2) is 53.4 Å². The van der Waals surface area contributed by atoms with Gasteiger partial charge < -0.3 is 10.2 Å². The molecule has 0 saturated carbocycles. The number of nitrogens with one attached hydrogen (secondary N) is 1. The highest BCUT2D eigenvalue weighted by Crippen LogP contribution is 2.41. The van der Waals surface area contributed by atoms with E-state index in [0.717, 1.165) is 21.8 Å². The molecule has 0 unspecified atom stereocenters. The molecule has 1 aliphatic heterocycles. The summed E-state index contributed by atoms with van der Waals surface area (Å²) in [6, 6.07) is 15.3. The largest absolute Gasteiger partial charge is 0.324 e. The van der Waals surface area contributed by atoms with Crippen molar-refractivity contribution in [3.05, 3.63) is 54.1 Å². The van der Waals surface area contributed by atoms with Crippen molar-refractivity contribution in [3.8, 4) is 0 Å². The lowest BCUT2D eigenvalue weighted by atomic mass is 9.86. The second-order valence-electron chi connectivity index (χ2n) is 6.31. The van der Waals surface area contributed by atoms with Gasteiger partial charge in [-0.2, -0.15) is 0 Å². The van der Waals surface area contributed by atoms with Gasteiger partial charge in [-0.25, -0.2) is 0 Å². The molecule has 4 nitrogen and oxygen atoms in total. The van der Waals surface area contributed by atoms with Crippen molar-refractivity contribution in [2.24, 2.45) is 0 Å². The van der Waals surface area contributed by atoms with Gasteiger partial charge in [-0.15, -0.1) is 11.8 Å². The number of benzene rings is 2. The first-order chi connectivity index (χ1) is 11.4. The fourth-order valence-electron chi connectivity index (χ4n) is 3.00. The summed E-state index contributed by atoms with van der Waals surface area (Å²) in [6.07, 6.45) is 1.99. The van der Waals surface area contributed by atoms with E-state index in [4.69, 9.17) is 0 Å². The van der Waals surface area contributed by atoms with E-state index in [1.165, 1.54) is 0 Å². The maximum atomic E-state index is 12.7. The molecule has 1 aliphatic rings. The van der Waals surface area contributed by atoms with Gasteiger partial charge in [0.05, 0.1) is 5.41 Å². The molecule has 0 fully saturated rings. The Morgan fingerprint density at radius 2 is 1.92 bits per heavy atom. The highest BCUT2D eigenvalue weighted by molar-refractivity contribution is 7.98. The molecule has 1 heterocycles. The zero-order chi connectivity index (χ0) is 17.3. The van der Waals surface area contributed by atoms with Crippen molar-refractivity contribution in [2.75, 3.05) is 23.0 Å². The van der Waals surface area contributed by atoms with Crippen molar-refractivity contribution in [2.45, 2.75) is 24.2 Å². The van der Waals surface area contributed by atoms with Crippen molar-refractivity contribution in [1.82, 2.24) is 0 Å². The fraction of sp³-hybridized carbons (Fsp3) is 0.263. The quantitative estimate of drug-likeness (QED) is 0.864. The molecule has 0 spiro atoms. The third kappa shape index (κ3) is 2.91. The van der Waals surface area contributed by atoms with Crippen molar-refractivity contribution in [1.29, 1.82) is 0 Å². The number of hydrogen-bond acceptors (Lipinski definition) is 3. The van der Waals surface area contributed by atoms with E-state index in [2.05, 4.69) is 5.32 Å². The van der Waals surface area contributed by atoms with E-state index in [-0.39, 0.29) is 18.4 Å². The lowest BCUT2D eigenvalue weighted by Gasteiger charge is -2.20. The number of para-hydroxylation sites is 1. The predicted molar refractivity (Wildman–Crippen MR) is 98.7 cm³/mol. The van der Waals surface area contributed by atoms with Gasteiger partial charge in [-0.05, 0) is 49.9 Å². The molecule has 2 aromatic rings. The number of carbonyl (C=O) groups excluding carboxylic acids is 2. The minimum atomic E-state index is -0.602. The van der Waals surface area contributed by atoms with E-state index in [1.807, 2.05) is 68.6 Å². The Balaban J connectivity index is 1.78. The van der Waals surface area contributed by atoms with Crippen LogP contribution in [-0.2, 0) is 15.0 Å². The molecule has 2 amide bonds. The summed E-state index contributed by atoms with van der Waals surface area (Å²) in [5, 5.41) is 2.88. The predicted octanol–water partition coefficient (Wildman–Crippen LogP) is 3.67. The molecule has 0 radical (unpaired) electrons. The molecule has 5 heteroatoms. The van der Waals surface area contributed by atoms with Crippen molar-refractivity contribution in [3.63, 3.8) is 0 Å². The standard InChI is InChI=1S/C19H20N2O2S/c1-19(2)15-9-4-5-10-16(15)21(18(19)23)12-17(22)20-13-7-6-8-14(11-13)24-3/h4-11H,12H2,1-3H3,(H,20,22). The molecule has 0 aliphatic carbocycles. The summed E-state index contributed by atoms with van der Waals surface area (Å²) >= 11 is 1.62. The number of amides is 2. The highest BCUT2D eigenvalue weighted by atomic mass is 32.2. The topological polar surface area (TPSA) is 49.4 Å². The van der Waals surface area contributed by atoms with Crippen LogP contribution in [0.2, 0.25) is 0 Å². The number of thioether (sulfide) groups is 1. The highest BCUT2D eigenvalue weighted by Gasteiger charge is 2.44. The summed E-state index contributed by atoms with van der Waals surface area (Å²) in [7, 11) is 0. The van der Waals surface area contributed by atoms with Crippen molar-refractivity contribution < 1.29 is 9.59 Å². The Morgan fingerprint density at radius 1 is 1.17 bits per heavy atom. The van der Waals surface area contributed by atoms with Gasteiger partial charge in [-0.1, -0.05) is 24.3 Å². The Labute approximate surface area is 146 Å². The summed E-state index contributed by atoms with van der Waals surface area (Å²) in [6.45, 7) is 3.81. The molecule has 2 aromatic carbocycles. The van der Waals surface area contributed by atoms with Crippen LogP contribution in [-0.4, -0.2) is 24.6 Å². The Kier molecular flexibility index (Phi) is 4.37. The SMILES string of the molecule is CSc1cccc(NC(=O)CN2C(=O)C(C)(C)c3ccccc32)c1. The molecule has 0 bridgehead atoms. The van der Waals surface area contributed by atoms with Crippen LogP contribution in [0.3, 0.4) is 0 Å². The van der Waals surface area contributed by atoms with Crippen LogP contribution in [0.5, 0.6) is 0 Å². The van der Waals surface area contributed by atoms with Crippen LogP contribution in [0.25, 0.3) is 0 Å².